The normalized spacial score (nSPS) is 17.0. The van der Waals surface area contributed by atoms with Gasteiger partial charge in [-0.1, -0.05) is 44.2 Å². The molecule has 2 aromatic carbocycles. The minimum Gasteiger partial charge on any atom is -0.472 e. The summed E-state index contributed by atoms with van der Waals surface area (Å²) in [5.74, 6) is -1.98. The van der Waals surface area contributed by atoms with E-state index in [2.05, 4.69) is 4.98 Å². The maximum Gasteiger partial charge on any atom is 0.311 e. The number of rotatable bonds is 6. The summed E-state index contributed by atoms with van der Waals surface area (Å²) in [4.78, 5) is 18.4. The number of anilines is 1. The topological polar surface area (TPSA) is 51.7 Å². The summed E-state index contributed by atoms with van der Waals surface area (Å²) in [5.41, 5.74) is 1.64. The first-order valence-corrected chi connectivity index (χ1v) is 11.2. The molecular weight excluding hydrogens is 438 g/mol. The van der Waals surface area contributed by atoms with Gasteiger partial charge < -0.3 is 14.4 Å². The highest BCUT2D eigenvalue weighted by Gasteiger charge is 2.44. The second-order valence-corrected chi connectivity index (χ2v) is 9.31. The fraction of sp³-hybridized carbons (Fsp3) is 0.333. The van der Waals surface area contributed by atoms with Crippen LogP contribution in [-0.2, 0) is 16.1 Å². The van der Waals surface area contributed by atoms with Crippen LogP contribution in [0.1, 0.15) is 25.1 Å². The first-order chi connectivity index (χ1) is 16.2. The molecule has 1 fully saturated rings. The van der Waals surface area contributed by atoms with Gasteiger partial charge in [0.15, 0.2) is 0 Å². The lowest BCUT2D eigenvalue weighted by molar-refractivity contribution is -0.147. The molecule has 34 heavy (non-hydrogen) atoms. The molecule has 5 nitrogen and oxygen atoms in total. The maximum absolute atomic E-state index is 15.4. The number of hydrogen-bond donors (Lipinski definition) is 0. The number of aromatic nitrogens is 1. The fourth-order valence-corrected chi connectivity index (χ4v) is 4.43. The van der Waals surface area contributed by atoms with E-state index in [1.807, 2.05) is 49.1 Å². The lowest BCUT2D eigenvalue weighted by atomic mass is 9.82. The fourth-order valence-electron chi connectivity index (χ4n) is 4.43. The molecule has 0 amide bonds. The van der Waals surface area contributed by atoms with Crippen LogP contribution >= 0.6 is 0 Å². The average molecular weight is 467 g/mol. The number of ether oxygens (including phenoxy) is 2. The van der Waals surface area contributed by atoms with Gasteiger partial charge in [0.2, 0.25) is 5.88 Å². The Hall–Kier alpha value is -3.48. The number of carbonyl (C=O) groups excluding carboxylic acids is 1. The zero-order chi connectivity index (χ0) is 24.5. The number of benzene rings is 2. The summed E-state index contributed by atoms with van der Waals surface area (Å²) >= 11 is 0. The van der Waals surface area contributed by atoms with Crippen molar-refractivity contribution < 1.29 is 23.0 Å². The van der Waals surface area contributed by atoms with Crippen LogP contribution in [0.15, 0.2) is 54.6 Å². The molecule has 178 valence electrons. The number of methoxy groups -OCH3 is 1. The van der Waals surface area contributed by atoms with Crippen LogP contribution in [0.25, 0.3) is 11.1 Å². The van der Waals surface area contributed by atoms with Crippen LogP contribution in [0.2, 0.25) is 0 Å². The molecule has 1 saturated heterocycles. The molecule has 0 N–H and O–H groups in total. The Bertz CT molecular complexity index is 1170. The van der Waals surface area contributed by atoms with Gasteiger partial charge in [0.05, 0.1) is 18.6 Å². The first kappa shape index (κ1) is 23.7. The van der Waals surface area contributed by atoms with Crippen LogP contribution in [-0.4, -0.2) is 31.2 Å². The molecule has 7 heteroatoms. The third-order valence-corrected chi connectivity index (χ3v) is 6.31. The van der Waals surface area contributed by atoms with Crippen molar-refractivity contribution in [3.8, 4) is 17.0 Å². The van der Waals surface area contributed by atoms with Crippen molar-refractivity contribution in [1.82, 2.24) is 4.98 Å². The van der Waals surface area contributed by atoms with Crippen molar-refractivity contribution in [1.29, 1.82) is 0 Å². The van der Waals surface area contributed by atoms with Crippen LogP contribution in [0.5, 0.6) is 5.88 Å². The van der Waals surface area contributed by atoms with Crippen molar-refractivity contribution in [2.24, 2.45) is 11.3 Å². The summed E-state index contributed by atoms with van der Waals surface area (Å²) in [6, 6.07) is 15.4. The van der Waals surface area contributed by atoms with Crippen molar-refractivity contribution >= 4 is 11.7 Å². The Morgan fingerprint density at radius 3 is 2.44 bits per heavy atom. The van der Waals surface area contributed by atoms with E-state index in [0.717, 1.165) is 5.56 Å². The van der Waals surface area contributed by atoms with Crippen LogP contribution < -0.4 is 9.64 Å². The Kier molecular flexibility index (Phi) is 6.55. The molecule has 1 aromatic heterocycles. The highest BCUT2D eigenvalue weighted by atomic mass is 19.1. The summed E-state index contributed by atoms with van der Waals surface area (Å²) < 4.78 is 41.5. The lowest BCUT2D eigenvalue weighted by Gasteiger charge is -2.23. The Labute approximate surface area is 198 Å². The van der Waals surface area contributed by atoms with Gasteiger partial charge in [-0.3, -0.25) is 4.79 Å². The third-order valence-electron chi connectivity index (χ3n) is 6.31. The number of halogens is 2. The SMILES string of the molecule is COC(=O)[C@H]1CN(c2cc(F)c(-c3ccc(C)nc3OCc3ccccc3)c(F)c2)CC1(C)C. The lowest BCUT2D eigenvalue weighted by Crippen LogP contribution is -2.30. The average Bonchev–Trinajstić information content (AvgIpc) is 3.13. The van der Waals surface area contributed by atoms with Gasteiger partial charge in [-0.25, -0.2) is 13.8 Å². The molecule has 1 atom stereocenters. The van der Waals surface area contributed by atoms with E-state index in [9.17, 15) is 4.79 Å². The molecule has 2 heterocycles. The van der Waals surface area contributed by atoms with Crippen molar-refractivity contribution in [2.75, 3.05) is 25.1 Å². The summed E-state index contributed by atoms with van der Waals surface area (Å²) in [6.07, 6.45) is 0. The van der Waals surface area contributed by atoms with Crippen molar-refractivity contribution in [2.45, 2.75) is 27.4 Å². The van der Waals surface area contributed by atoms with Gasteiger partial charge in [0, 0.05) is 30.0 Å². The maximum atomic E-state index is 15.4. The van der Waals surface area contributed by atoms with Crippen LogP contribution in [0.4, 0.5) is 14.5 Å². The smallest absolute Gasteiger partial charge is 0.311 e. The van der Waals surface area contributed by atoms with E-state index in [1.165, 1.54) is 19.2 Å². The predicted octanol–water partition coefficient (Wildman–Crippen LogP) is 5.55. The molecule has 0 bridgehead atoms. The van der Waals surface area contributed by atoms with Gasteiger partial charge in [0.1, 0.15) is 18.2 Å². The Balaban J connectivity index is 1.65. The summed E-state index contributed by atoms with van der Waals surface area (Å²) in [7, 11) is 1.35. The van der Waals surface area contributed by atoms with Gasteiger partial charge in [0.25, 0.3) is 0 Å². The second kappa shape index (κ2) is 9.41. The Morgan fingerprint density at radius 1 is 1.12 bits per heavy atom. The zero-order valence-corrected chi connectivity index (χ0v) is 19.8. The number of pyridine rings is 1. The minimum absolute atomic E-state index is 0.169. The summed E-state index contributed by atoms with van der Waals surface area (Å²) in [5, 5.41) is 0. The molecule has 3 aromatic rings. The van der Waals surface area contributed by atoms with Crippen LogP contribution in [0.3, 0.4) is 0 Å². The molecule has 0 saturated carbocycles. The number of aryl methyl sites for hydroxylation is 1. The monoisotopic (exact) mass is 466 g/mol. The summed E-state index contributed by atoms with van der Waals surface area (Å²) in [6.45, 7) is 6.72. The molecular formula is C27H28F2N2O3. The third kappa shape index (κ3) is 4.74. The molecule has 1 aliphatic heterocycles. The second-order valence-electron chi connectivity index (χ2n) is 9.31. The van der Waals surface area contributed by atoms with E-state index in [0.29, 0.717) is 24.5 Å². The molecule has 4 rings (SSSR count). The molecule has 0 aliphatic carbocycles. The van der Waals surface area contributed by atoms with E-state index in [-0.39, 0.29) is 35.5 Å². The highest BCUT2D eigenvalue weighted by Crippen LogP contribution is 2.41. The van der Waals surface area contributed by atoms with E-state index >= 15 is 8.78 Å². The molecule has 0 unspecified atom stereocenters. The number of hydrogen-bond acceptors (Lipinski definition) is 5. The quantitative estimate of drug-likeness (QED) is 0.446. The molecule has 0 spiro atoms. The largest absolute Gasteiger partial charge is 0.472 e. The highest BCUT2D eigenvalue weighted by molar-refractivity contribution is 5.76. The van der Waals surface area contributed by atoms with Gasteiger partial charge in [-0.15, -0.1) is 0 Å². The number of nitrogens with zero attached hydrogens (tertiary/aromatic N) is 2. The number of carbonyl (C=O) groups is 1. The zero-order valence-electron chi connectivity index (χ0n) is 19.8. The van der Waals surface area contributed by atoms with Gasteiger partial charge in [-0.2, -0.15) is 0 Å². The van der Waals surface area contributed by atoms with E-state index in [1.54, 1.807) is 19.1 Å². The number of esters is 1. The van der Waals surface area contributed by atoms with E-state index < -0.39 is 17.0 Å². The van der Waals surface area contributed by atoms with Crippen molar-refractivity contribution in [3.63, 3.8) is 0 Å². The first-order valence-electron chi connectivity index (χ1n) is 11.2. The predicted molar refractivity (Wildman–Crippen MR) is 127 cm³/mol. The Morgan fingerprint density at radius 2 is 1.79 bits per heavy atom. The standard InChI is InChI=1S/C27H28F2N2O3/c1-17-10-11-20(25(30-17)34-15-18-8-6-5-7-9-18)24-22(28)12-19(13-23(24)29)31-14-21(26(32)33-4)27(2,3)16-31/h5-13,21H,14-16H2,1-4H3/t21-/m1/s1. The van der Waals surface area contributed by atoms with Gasteiger partial charge >= 0.3 is 5.97 Å². The van der Waals surface area contributed by atoms with Crippen LogP contribution in [0, 0.1) is 29.9 Å². The van der Waals surface area contributed by atoms with Gasteiger partial charge in [-0.05, 0) is 42.2 Å². The molecule has 0 radical (unpaired) electrons. The minimum atomic E-state index is -0.718. The molecule has 1 aliphatic rings. The van der Waals surface area contributed by atoms with E-state index in [4.69, 9.17) is 9.47 Å². The van der Waals surface area contributed by atoms with Crippen molar-refractivity contribution in [3.05, 3.63) is 77.5 Å².